The number of rotatable bonds is 1. The van der Waals surface area contributed by atoms with E-state index in [1.807, 2.05) is 20.8 Å². The average Bonchev–Trinajstić information content (AvgIpc) is 2.01. The van der Waals surface area contributed by atoms with Gasteiger partial charge in [-0.2, -0.15) is 0 Å². The lowest BCUT2D eigenvalue weighted by molar-refractivity contribution is 0.0995. The van der Waals surface area contributed by atoms with Gasteiger partial charge in [0, 0.05) is 5.41 Å². The van der Waals surface area contributed by atoms with E-state index in [4.69, 9.17) is 11.5 Å². The van der Waals surface area contributed by atoms with Crippen molar-refractivity contribution in [2.24, 2.45) is 5.73 Å². The summed E-state index contributed by atoms with van der Waals surface area (Å²) in [5.41, 5.74) is 11.3. The molecule has 1 aromatic heterocycles. The Morgan fingerprint density at radius 2 is 1.93 bits per heavy atom. The first-order chi connectivity index (χ1) is 6.30. The van der Waals surface area contributed by atoms with Crippen molar-refractivity contribution in [1.29, 1.82) is 0 Å². The Labute approximate surface area is 82.5 Å². The number of carbonyl (C=O) groups is 1. The van der Waals surface area contributed by atoms with E-state index < -0.39 is 5.91 Å². The Morgan fingerprint density at radius 1 is 1.36 bits per heavy atom. The molecule has 1 rings (SSSR count). The molecular formula is C9H14N4O. The number of aromatic nitrogens is 2. The first-order valence-electron chi connectivity index (χ1n) is 4.25. The number of nitrogen functional groups attached to an aromatic ring is 1. The van der Waals surface area contributed by atoms with Gasteiger partial charge < -0.3 is 11.5 Å². The van der Waals surface area contributed by atoms with Crippen LogP contribution in [0.15, 0.2) is 6.07 Å². The number of nitrogens with zero attached hydrogens (tertiary/aromatic N) is 2. The maximum Gasteiger partial charge on any atom is 0.267 e. The topological polar surface area (TPSA) is 94.9 Å². The largest absolute Gasteiger partial charge is 0.368 e. The highest BCUT2D eigenvalue weighted by molar-refractivity contribution is 5.91. The highest BCUT2D eigenvalue weighted by atomic mass is 16.1. The monoisotopic (exact) mass is 194 g/mol. The molecule has 0 aliphatic rings. The number of primary amides is 1. The number of anilines is 1. The summed E-state index contributed by atoms with van der Waals surface area (Å²) in [6.45, 7) is 5.92. The van der Waals surface area contributed by atoms with E-state index in [-0.39, 0.29) is 17.1 Å². The number of amides is 1. The van der Waals surface area contributed by atoms with Gasteiger partial charge in [0.2, 0.25) is 5.95 Å². The van der Waals surface area contributed by atoms with Crippen LogP contribution >= 0.6 is 0 Å². The van der Waals surface area contributed by atoms with E-state index in [1.54, 1.807) is 6.07 Å². The quantitative estimate of drug-likeness (QED) is 0.678. The molecule has 76 valence electrons. The molecule has 0 atom stereocenters. The minimum atomic E-state index is -0.593. The molecule has 4 N–H and O–H groups in total. The van der Waals surface area contributed by atoms with E-state index in [0.717, 1.165) is 0 Å². The Bertz CT molecular complexity index is 368. The molecule has 1 heterocycles. The summed E-state index contributed by atoms with van der Waals surface area (Å²) in [6.07, 6.45) is 0. The second-order valence-electron chi connectivity index (χ2n) is 4.11. The summed E-state index contributed by atoms with van der Waals surface area (Å²) in [5, 5.41) is 0. The van der Waals surface area contributed by atoms with Crippen LogP contribution in [0.1, 0.15) is 37.0 Å². The van der Waals surface area contributed by atoms with Gasteiger partial charge in [-0.3, -0.25) is 4.79 Å². The molecule has 5 heteroatoms. The van der Waals surface area contributed by atoms with Crippen LogP contribution in [0.3, 0.4) is 0 Å². The zero-order valence-electron chi connectivity index (χ0n) is 8.53. The van der Waals surface area contributed by atoms with E-state index in [9.17, 15) is 4.79 Å². The standard InChI is InChI=1S/C9H14N4O/c1-9(2,3)6-4-5(7(10)14)12-8(11)13-6/h4H,1-3H3,(H2,10,14)(H2,11,12,13). The molecule has 0 saturated heterocycles. The Morgan fingerprint density at radius 3 is 2.36 bits per heavy atom. The summed E-state index contributed by atoms with van der Waals surface area (Å²) < 4.78 is 0. The molecule has 0 fully saturated rings. The van der Waals surface area contributed by atoms with Crippen molar-refractivity contribution >= 4 is 11.9 Å². The van der Waals surface area contributed by atoms with Crippen LogP contribution < -0.4 is 11.5 Å². The first-order valence-corrected chi connectivity index (χ1v) is 4.25. The van der Waals surface area contributed by atoms with Crippen molar-refractivity contribution in [2.75, 3.05) is 5.73 Å². The molecule has 0 radical (unpaired) electrons. The van der Waals surface area contributed by atoms with Gasteiger partial charge in [-0.1, -0.05) is 20.8 Å². The van der Waals surface area contributed by atoms with E-state index in [2.05, 4.69) is 9.97 Å². The third-order valence-electron chi connectivity index (χ3n) is 1.76. The Kier molecular flexibility index (Phi) is 2.42. The van der Waals surface area contributed by atoms with Crippen molar-refractivity contribution in [3.8, 4) is 0 Å². The average molecular weight is 194 g/mol. The Balaban J connectivity index is 3.28. The van der Waals surface area contributed by atoms with Crippen LogP contribution in [-0.2, 0) is 5.41 Å². The number of nitrogens with two attached hydrogens (primary N) is 2. The lowest BCUT2D eigenvalue weighted by Crippen LogP contribution is -2.20. The highest BCUT2D eigenvalue weighted by Crippen LogP contribution is 2.20. The number of carbonyl (C=O) groups excluding carboxylic acids is 1. The molecule has 0 aromatic carbocycles. The fourth-order valence-corrected chi connectivity index (χ4v) is 0.976. The molecule has 0 saturated carbocycles. The smallest absolute Gasteiger partial charge is 0.267 e. The predicted molar refractivity (Wildman–Crippen MR) is 53.7 cm³/mol. The molecule has 1 amide bonds. The summed E-state index contributed by atoms with van der Waals surface area (Å²) in [6, 6.07) is 1.57. The summed E-state index contributed by atoms with van der Waals surface area (Å²) in [7, 11) is 0. The highest BCUT2D eigenvalue weighted by Gasteiger charge is 2.18. The van der Waals surface area contributed by atoms with Crippen LogP contribution in [0.4, 0.5) is 5.95 Å². The van der Waals surface area contributed by atoms with Crippen LogP contribution in [0, 0.1) is 0 Å². The van der Waals surface area contributed by atoms with E-state index in [0.29, 0.717) is 5.69 Å². The van der Waals surface area contributed by atoms with Gasteiger partial charge in [0.1, 0.15) is 5.69 Å². The molecule has 0 aliphatic heterocycles. The summed E-state index contributed by atoms with van der Waals surface area (Å²) >= 11 is 0. The maximum absolute atomic E-state index is 10.9. The molecule has 0 spiro atoms. The molecule has 1 aromatic rings. The van der Waals surface area contributed by atoms with Crippen LogP contribution in [0.25, 0.3) is 0 Å². The summed E-state index contributed by atoms with van der Waals surface area (Å²) in [4.78, 5) is 18.7. The minimum absolute atomic E-state index is 0.0752. The van der Waals surface area contributed by atoms with Gasteiger partial charge in [0.15, 0.2) is 0 Å². The third-order valence-corrected chi connectivity index (χ3v) is 1.76. The molecule has 0 bridgehead atoms. The maximum atomic E-state index is 10.9. The van der Waals surface area contributed by atoms with Gasteiger partial charge in [-0.15, -0.1) is 0 Å². The van der Waals surface area contributed by atoms with Crippen LogP contribution in [-0.4, -0.2) is 15.9 Å². The third kappa shape index (κ3) is 2.18. The van der Waals surface area contributed by atoms with Crippen molar-refractivity contribution in [3.63, 3.8) is 0 Å². The number of hydrogen-bond donors (Lipinski definition) is 2. The van der Waals surface area contributed by atoms with Gasteiger partial charge in [0.25, 0.3) is 5.91 Å². The normalized spacial score (nSPS) is 11.4. The summed E-state index contributed by atoms with van der Waals surface area (Å²) in [5.74, 6) is -0.518. The zero-order valence-corrected chi connectivity index (χ0v) is 8.53. The predicted octanol–water partition coefficient (Wildman–Crippen LogP) is 0.455. The Hall–Kier alpha value is -1.65. The van der Waals surface area contributed by atoms with Crippen molar-refractivity contribution in [3.05, 3.63) is 17.5 Å². The SMILES string of the molecule is CC(C)(C)c1cc(C(N)=O)nc(N)n1. The molecule has 0 unspecified atom stereocenters. The number of hydrogen-bond acceptors (Lipinski definition) is 4. The zero-order chi connectivity index (χ0) is 10.9. The lowest BCUT2D eigenvalue weighted by Gasteiger charge is -2.17. The second-order valence-corrected chi connectivity index (χ2v) is 4.11. The van der Waals surface area contributed by atoms with Gasteiger partial charge in [-0.25, -0.2) is 9.97 Å². The van der Waals surface area contributed by atoms with Crippen LogP contribution in [0.5, 0.6) is 0 Å². The second kappa shape index (κ2) is 3.25. The molecule has 5 nitrogen and oxygen atoms in total. The fraction of sp³-hybridized carbons (Fsp3) is 0.444. The molecule has 0 aliphatic carbocycles. The van der Waals surface area contributed by atoms with Crippen molar-refractivity contribution < 1.29 is 4.79 Å². The van der Waals surface area contributed by atoms with E-state index >= 15 is 0 Å². The first kappa shape index (κ1) is 10.4. The fourth-order valence-electron chi connectivity index (χ4n) is 0.976. The van der Waals surface area contributed by atoms with Crippen molar-refractivity contribution in [1.82, 2.24) is 9.97 Å². The lowest BCUT2D eigenvalue weighted by atomic mass is 9.91. The molecular weight excluding hydrogens is 180 g/mol. The van der Waals surface area contributed by atoms with Gasteiger partial charge in [0.05, 0.1) is 5.69 Å². The van der Waals surface area contributed by atoms with Crippen molar-refractivity contribution in [2.45, 2.75) is 26.2 Å². The minimum Gasteiger partial charge on any atom is -0.368 e. The van der Waals surface area contributed by atoms with Crippen LogP contribution in [0.2, 0.25) is 0 Å². The van der Waals surface area contributed by atoms with Gasteiger partial charge in [-0.05, 0) is 6.07 Å². The molecule has 14 heavy (non-hydrogen) atoms. The van der Waals surface area contributed by atoms with Gasteiger partial charge >= 0.3 is 0 Å². The van der Waals surface area contributed by atoms with E-state index in [1.165, 1.54) is 0 Å².